The standard InChI is InChI=1S/C16H26O2/c1-12(2)7-6-8-13(3)9-16(10-14(4)17)11-15(5)18/h7,9,16H,6,8,10-11H2,1-5H3/b13-9+. The van der Waals surface area contributed by atoms with Crippen LogP contribution in [-0.4, -0.2) is 11.6 Å². The maximum Gasteiger partial charge on any atom is 0.130 e. The third-order valence-electron chi connectivity index (χ3n) is 2.71. The van der Waals surface area contributed by atoms with Crippen LogP contribution in [0.15, 0.2) is 23.3 Å². The summed E-state index contributed by atoms with van der Waals surface area (Å²) in [6.07, 6.45) is 7.28. The van der Waals surface area contributed by atoms with Gasteiger partial charge in [0.15, 0.2) is 0 Å². The first-order valence-electron chi connectivity index (χ1n) is 6.60. The number of rotatable bonds is 8. The number of allylic oxidation sites excluding steroid dienone is 4. The Balaban J connectivity index is 4.46. The van der Waals surface area contributed by atoms with Gasteiger partial charge in [-0.15, -0.1) is 0 Å². The monoisotopic (exact) mass is 250 g/mol. The van der Waals surface area contributed by atoms with Crippen LogP contribution in [0.5, 0.6) is 0 Å². The first kappa shape index (κ1) is 16.8. The highest BCUT2D eigenvalue weighted by atomic mass is 16.1. The Morgan fingerprint density at radius 3 is 1.83 bits per heavy atom. The summed E-state index contributed by atoms with van der Waals surface area (Å²) in [6, 6.07) is 0. The van der Waals surface area contributed by atoms with Gasteiger partial charge in [0.2, 0.25) is 0 Å². The van der Waals surface area contributed by atoms with Crippen molar-refractivity contribution in [2.45, 2.75) is 60.3 Å². The largest absolute Gasteiger partial charge is 0.300 e. The molecule has 0 radical (unpaired) electrons. The third-order valence-corrected chi connectivity index (χ3v) is 2.71. The molecule has 0 amide bonds. The second kappa shape index (κ2) is 8.84. The van der Waals surface area contributed by atoms with Crippen molar-refractivity contribution in [3.05, 3.63) is 23.3 Å². The van der Waals surface area contributed by atoms with Crippen LogP contribution < -0.4 is 0 Å². The quantitative estimate of drug-likeness (QED) is 0.603. The van der Waals surface area contributed by atoms with Crippen molar-refractivity contribution in [3.8, 4) is 0 Å². The minimum Gasteiger partial charge on any atom is -0.300 e. The highest BCUT2D eigenvalue weighted by Gasteiger charge is 2.11. The van der Waals surface area contributed by atoms with Gasteiger partial charge in [-0.05, 0) is 53.4 Å². The highest BCUT2D eigenvalue weighted by Crippen LogP contribution is 2.17. The lowest BCUT2D eigenvalue weighted by molar-refractivity contribution is -0.119. The molecule has 0 aromatic carbocycles. The molecular formula is C16H26O2. The second-order valence-corrected chi connectivity index (χ2v) is 5.41. The number of Topliss-reactive ketones (excluding diaryl/α,β-unsaturated/α-hetero) is 2. The van der Waals surface area contributed by atoms with E-state index < -0.39 is 0 Å². The number of ketones is 2. The van der Waals surface area contributed by atoms with E-state index in [0.29, 0.717) is 12.8 Å². The SMILES string of the molecule is CC(=O)CC(/C=C(\C)CCC=C(C)C)CC(C)=O. The first-order chi connectivity index (χ1) is 8.31. The average Bonchev–Trinajstić information content (AvgIpc) is 2.13. The Hall–Kier alpha value is -1.18. The number of carbonyl (C=O) groups is 2. The van der Waals surface area contributed by atoms with E-state index in [1.54, 1.807) is 13.8 Å². The van der Waals surface area contributed by atoms with E-state index in [2.05, 4.69) is 32.9 Å². The van der Waals surface area contributed by atoms with Crippen LogP contribution in [0.4, 0.5) is 0 Å². The fourth-order valence-electron chi connectivity index (χ4n) is 2.00. The van der Waals surface area contributed by atoms with E-state index in [-0.39, 0.29) is 17.5 Å². The fourth-order valence-corrected chi connectivity index (χ4v) is 2.00. The van der Waals surface area contributed by atoms with E-state index in [4.69, 9.17) is 0 Å². The van der Waals surface area contributed by atoms with Crippen molar-refractivity contribution in [2.24, 2.45) is 5.92 Å². The van der Waals surface area contributed by atoms with Gasteiger partial charge in [-0.2, -0.15) is 0 Å². The van der Waals surface area contributed by atoms with Crippen LogP contribution in [0.25, 0.3) is 0 Å². The van der Waals surface area contributed by atoms with Gasteiger partial charge in [-0.25, -0.2) is 0 Å². The molecule has 2 nitrogen and oxygen atoms in total. The predicted molar refractivity (Wildman–Crippen MR) is 76.5 cm³/mol. The molecule has 0 aliphatic rings. The lowest BCUT2D eigenvalue weighted by Gasteiger charge is -2.10. The van der Waals surface area contributed by atoms with Crippen molar-refractivity contribution < 1.29 is 9.59 Å². The lowest BCUT2D eigenvalue weighted by atomic mass is 9.94. The molecule has 0 saturated carbocycles. The number of hydrogen-bond donors (Lipinski definition) is 0. The van der Waals surface area contributed by atoms with Gasteiger partial charge < -0.3 is 9.59 Å². The molecule has 0 atom stereocenters. The van der Waals surface area contributed by atoms with E-state index in [1.807, 2.05) is 0 Å². The summed E-state index contributed by atoms with van der Waals surface area (Å²) < 4.78 is 0. The molecule has 0 spiro atoms. The molecule has 0 aliphatic carbocycles. The van der Waals surface area contributed by atoms with Crippen molar-refractivity contribution in [3.63, 3.8) is 0 Å². The van der Waals surface area contributed by atoms with E-state index in [9.17, 15) is 9.59 Å². The molecule has 0 aromatic heterocycles. The Morgan fingerprint density at radius 1 is 0.944 bits per heavy atom. The third kappa shape index (κ3) is 10.0. The van der Waals surface area contributed by atoms with Crippen molar-refractivity contribution >= 4 is 11.6 Å². The smallest absolute Gasteiger partial charge is 0.130 e. The minimum atomic E-state index is 0.0757. The van der Waals surface area contributed by atoms with Gasteiger partial charge in [0.25, 0.3) is 0 Å². The van der Waals surface area contributed by atoms with Gasteiger partial charge >= 0.3 is 0 Å². The van der Waals surface area contributed by atoms with Crippen molar-refractivity contribution in [1.82, 2.24) is 0 Å². The zero-order valence-electron chi connectivity index (χ0n) is 12.4. The maximum absolute atomic E-state index is 11.2. The Morgan fingerprint density at radius 2 is 1.44 bits per heavy atom. The van der Waals surface area contributed by atoms with Crippen LogP contribution in [-0.2, 0) is 9.59 Å². The van der Waals surface area contributed by atoms with Crippen LogP contribution in [0.2, 0.25) is 0 Å². The van der Waals surface area contributed by atoms with Gasteiger partial charge in [0.05, 0.1) is 0 Å². The normalized spacial score (nSPS) is 11.6. The van der Waals surface area contributed by atoms with Crippen LogP contribution >= 0.6 is 0 Å². The summed E-state index contributed by atoms with van der Waals surface area (Å²) in [5.41, 5.74) is 2.59. The second-order valence-electron chi connectivity index (χ2n) is 5.41. The van der Waals surface area contributed by atoms with E-state index in [0.717, 1.165) is 12.8 Å². The van der Waals surface area contributed by atoms with Crippen LogP contribution in [0.1, 0.15) is 60.3 Å². The zero-order chi connectivity index (χ0) is 14.1. The molecule has 0 aromatic rings. The van der Waals surface area contributed by atoms with Crippen LogP contribution in [0.3, 0.4) is 0 Å². The highest BCUT2D eigenvalue weighted by molar-refractivity contribution is 5.79. The summed E-state index contributed by atoms with van der Waals surface area (Å²) in [5.74, 6) is 0.371. The molecule has 0 saturated heterocycles. The summed E-state index contributed by atoms with van der Waals surface area (Å²) >= 11 is 0. The van der Waals surface area contributed by atoms with Crippen molar-refractivity contribution in [2.75, 3.05) is 0 Å². The molecule has 2 heteroatoms. The molecule has 18 heavy (non-hydrogen) atoms. The van der Waals surface area contributed by atoms with Gasteiger partial charge in [-0.1, -0.05) is 23.3 Å². The Kier molecular flexibility index (Phi) is 8.27. The summed E-state index contributed by atoms with van der Waals surface area (Å²) in [4.78, 5) is 22.3. The fraction of sp³-hybridized carbons (Fsp3) is 0.625. The topological polar surface area (TPSA) is 34.1 Å². The van der Waals surface area contributed by atoms with Crippen molar-refractivity contribution in [1.29, 1.82) is 0 Å². The van der Waals surface area contributed by atoms with E-state index in [1.165, 1.54) is 11.1 Å². The van der Waals surface area contributed by atoms with E-state index >= 15 is 0 Å². The molecule has 0 aliphatic heterocycles. The predicted octanol–water partition coefficient (Wildman–Crippen LogP) is 4.25. The number of hydrogen-bond acceptors (Lipinski definition) is 2. The molecule has 0 unspecified atom stereocenters. The Labute approximate surface area is 111 Å². The average molecular weight is 250 g/mol. The lowest BCUT2D eigenvalue weighted by Crippen LogP contribution is -2.08. The van der Waals surface area contributed by atoms with Gasteiger partial charge in [0, 0.05) is 12.8 Å². The molecule has 0 rings (SSSR count). The minimum absolute atomic E-state index is 0.0757. The first-order valence-corrected chi connectivity index (χ1v) is 6.60. The maximum atomic E-state index is 11.2. The molecule has 0 N–H and O–H groups in total. The zero-order valence-corrected chi connectivity index (χ0v) is 12.4. The molecular weight excluding hydrogens is 224 g/mol. The molecule has 0 fully saturated rings. The van der Waals surface area contributed by atoms with Gasteiger partial charge in [-0.3, -0.25) is 0 Å². The molecule has 0 heterocycles. The Bertz CT molecular complexity index is 328. The summed E-state index contributed by atoms with van der Waals surface area (Å²) in [6.45, 7) is 9.42. The van der Waals surface area contributed by atoms with Crippen LogP contribution in [0, 0.1) is 5.92 Å². The summed E-state index contributed by atoms with van der Waals surface area (Å²) in [7, 11) is 0. The van der Waals surface area contributed by atoms with Gasteiger partial charge in [0.1, 0.15) is 11.6 Å². The number of carbonyl (C=O) groups excluding carboxylic acids is 2. The molecule has 102 valence electrons. The summed E-state index contributed by atoms with van der Waals surface area (Å²) in [5, 5.41) is 0. The molecule has 0 bridgehead atoms.